The van der Waals surface area contributed by atoms with Crippen molar-refractivity contribution in [3.63, 3.8) is 0 Å². The number of rotatable bonds is 3. The molecule has 4 rings (SSSR count). The second-order valence-corrected chi connectivity index (χ2v) is 7.13. The first-order valence-electron chi connectivity index (χ1n) is 7.94. The van der Waals surface area contributed by atoms with Crippen LogP contribution >= 0.6 is 11.3 Å². The van der Waals surface area contributed by atoms with Gasteiger partial charge in [-0.25, -0.2) is 4.98 Å². The van der Waals surface area contributed by atoms with E-state index in [2.05, 4.69) is 4.98 Å². The molecule has 0 saturated carbocycles. The SMILES string of the molecule is O=c1c2c3c(sc2ncn1Cc1ccc(CO)cc1)CCCC3. The number of aliphatic hydroxyl groups is 1. The maximum absolute atomic E-state index is 12.9. The Morgan fingerprint density at radius 1 is 1.13 bits per heavy atom. The molecule has 2 heterocycles. The molecule has 0 amide bonds. The second-order valence-electron chi connectivity index (χ2n) is 6.04. The molecular weight excluding hydrogens is 308 g/mol. The van der Waals surface area contributed by atoms with Crippen LogP contribution in [-0.4, -0.2) is 14.7 Å². The van der Waals surface area contributed by atoms with Crippen molar-refractivity contribution in [3.8, 4) is 0 Å². The van der Waals surface area contributed by atoms with Crippen LogP contribution in [0, 0.1) is 0 Å². The number of hydrogen-bond acceptors (Lipinski definition) is 4. The molecule has 0 atom stereocenters. The third kappa shape index (κ3) is 2.60. The number of nitrogens with zero attached hydrogens (tertiary/aromatic N) is 2. The maximum Gasteiger partial charge on any atom is 0.262 e. The topological polar surface area (TPSA) is 55.1 Å². The van der Waals surface area contributed by atoms with Gasteiger partial charge in [0.05, 0.1) is 24.9 Å². The number of fused-ring (bicyclic) bond motifs is 3. The molecule has 1 aromatic carbocycles. The normalized spacial score (nSPS) is 14.1. The lowest BCUT2D eigenvalue weighted by Gasteiger charge is -2.10. The fourth-order valence-corrected chi connectivity index (χ4v) is 4.46. The lowest BCUT2D eigenvalue weighted by atomic mass is 9.97. The number of hydrogen-bond donors (Lipinski definition) is 1. The minimum atomic E-state index is 0.0365. The van der Waals surface area contributed by atoms with Crippen molar-refractivity contribution in [2.45, 2.75) is 38.8 Å². The lowest BCUT2D eigenvalue weighted by Crippen LogP contribution is -2.21. The summed E-state index contributed by atoms with van der Waals surface area (Å²) in [4.78, 5) is 19.6. The van der Waals surface area contributed by atoms with Gasteiger partial charge in [-0.2, -0.15) is 0 Å². The number of aliphatic hydroxyl groups excluding tert-OH is 1. The van der Waals surface area contributed by atoms with E-state index in [0.29, 0.717) is 6.54 Å². The van der Waals surface area contributed by atoms with Crippen molar-refractivity contribution < 1.29 is 5.11 Å². The third-order valence-corrected chi connectivity index (χ3v) is 5.70. The Bertz CT molecular complexity index is 909. The van der Waals surface area contributed by atoms with E-state index in [-0.39, 0.29) is 12.2 Å². The van der Waals surface area contributed by atoms with Crippen LogP contribution in [0.1, 0.15) is 34.4 Å². The molecule has 1 aliphatic rings. The van der Waals surface area contributed by atoms with Gasteiger partial charge < -0.3 is 5.11 Å². The monoisotopic (exact) mass is 326 g/mol. The van der Waals surface area contributed by atoms with Crippen molar-refractivity contribution in [2.75, 3.05) is 0 Å². The Morgan fingerprint density at radius 3 is 2.65 bits per heavy atom. The molecule has 3 aromatic rings. The molecule has 2 aromatic heterocycles. The van der Waals surface area contributed by atoms with E-state index in [4.69, 9.17) is 5.11 Å². The summed E-state index contributed by atoms with van der Waals surface area (Å²) in [5, 5.41) is 9.94. The van der Waals surface area contributed by atoms with E-state index in [0.717, 1.165) is 40.6 Å². The first-order chi connectivity index (χ1) is 11.3. The molecule has 4 nitrogen and oxygen atoms in total. The molecular formula is C18H18N2O2S. The molecule has 23 heavy (non-hydrogen) atoms. The van der Waals surface area contributed by atoms with Gasteiger partial charge in [0.1, 0.15) is 4.83 Å². The van der Waals surface area contributed by atoms with Crippen LogP contribution in [0.15, 0.2) is 35.4 Å². The lowest BCUT2D eigenvalue weighted by molar-refractivity contribution is 0.282. The highest BCUT2D eigenvalue weighted by atomic mass is 32.1. The summed E-state index contributed by atoms with van der Waals surface area (Å²) < 4.78 is 1.69. The number of aromatic nitrogens is 2. The molecule has 1 aliphatic carbocycles. The van der Waals surface area contributed by atoms with Gasteiger partial charge in [-0.05, 0) is 42.4 Å². The van der Waals surface area contributed by atoms with Gasteiger partial charge in [0.2, 0.25) is 0 Å². The fourth-order valence-electron chi connectivity index (χ4n) is 3.24. The average molecular weight is 326 g/mol. The van der Waals surface area contributed by atoms with Gasteiger partial charge in [-0.15, -0.1) is 11.3 Å². The predicted molar refractivity (Wildman–Crippen MR) is 92.0 cm³/mol. The van der Waals surface area contributed by atoms with Gasteiger partial charge in [0.15, 0.2) is 0 Å². The van der Waals surface area contributed by atoms with Crippen molar-refractivity contribution in [1.29, 1.82) is 0 Å². The van der Waals surface area contributed by atoms with Crippen LogP contribution in [0.2, 0.25) is 0 Å². The van der Waals surface area contributed by atoms with Crippen LogP contribution in [0.3, 0.4) is 0 Å². The van der Waals surface area contributed by atoms with Crippen LogP contribution in [-0.2, 0) is 26.0 Å². The van der Waals surface area contributed by atoms with Crippen LogP contribution < -0.4 is 5.56 Å². The molecule has 0 radical (unpaired) electrons. The largest absolute Gasteiger partial charge is 0.392 e. The fraction of sp³-hybridized carbons (Fsp3) is 0.333. The Morgan fingerprint density at radius 2 is 1.87 bits per heavy atom. The third-order valence-electron chi connectivity index (χ3n) is 4.50. The summed E-state index contributed by atoms with van der Waals surface area (Å²) >= 11 is 1.68. The molecule has 1 N–H and O–H groups in total. The summed E-state index contributed by atoms with van der Waals surface area (Å²) in [5.74, 6) is 0. The zero-order chi connectivity index (χ0) is 15.8. The zero-order valence-corrected chi connectivity index (χ0v) is 13.6. The Labute approximate surface area is 138 Å². The molecule has 118 valence electrons. The summed E-state index contributed by atoms with van der Waals surface area (Å²) in [6.45, 7) is 0.548. The summed E-state index contributed by atoms with van der Waals surface area (Å²) in [6.07, 6.45) is 6.12. The Kier molecular flexibility index (Phi) is 3.75. The Balaban J connectivity index is 1.75. The predicted octanol–water partition coefficient (Wildman–Crippen LogP) is 2.88. The van der Waals surface area contributed by atoms with Crippen molar-refractivity contribution in [2.24, 2.45) is 0 Å². The smallest absolute Gasteiger partial charge is 0.262 e. The van der Waals surface area contributed by atoms with Crippen molar-refractivity contribution in [3.05, 3.63) is 62.5 Å². The van der Waals surface area contributed by atoms with Gasteiger partial charge in [-0.3, -0.25) is 9.36 Å². The van der Waals surface area contributed by atoms with Crippen molar-refractivity contribution >= 4 is 21.6 Å². The minimum Gasteiger partial charge on any atom is -0.392 e. The summed E-state index contributed by atoms with van der Waals surface area (Å²) in [7, 11) is 0. The van der Waals surface area contributed by atoms with Crippen LogP contribution in [0.5, 0.6) is 0 Å². The molecule has 0 fully saturated rings. The van der Waals surface area contributed by atoms with E-state index in [1.807, 2.05) is 24.3 Å². The summed E-state index contributed by atoms with van der Waals surface area (Å²) in [6, 6.07) is 7.67. The van der Waals surface area contributed by atoms with Gasteiger partial charge >= 0.3 is 0 Å². The molecule has 0 bridgehead atoms. The van der Waals surface area contributed by atoms with Crippen LogP contribution in [0.25, 0.3) is 10.2 Å². The van der Waals surface area contributed by atoms with E-state index >= 15 is 0 Å². The van der Waals surface area contributed by atoms with E-state index < -0.39 is 0 Å². The highest BCUT2D eigenvalue weighted by Crippen LogP contribution is 2.33. The highest BCUT2D eigenvalue weighted by Gasteiger charge is 2.19. The summed E-state index contributed by atoms with van der Waals surface area (Å²) in [5.41, 5.74) is 3.22. The number of thiophene rings is 1. The van der Waals surface area contributed by atoms with E-state index in [1.54, 1.807) is 22.2 Å². The number of aryl methyl sites for hydroxylation is 2. The molecule has 5 heteroatoms. The molecule has 0 unspecified atom stereocenters. The highest BCUT2D eigenvalue weighted by molar-refractivity contribution is 7.18. The van der Waals surface area contributed by atoms with Gasteiger partial charge in [-0.1, -0.05) is 24.3 Å². The quantitative estimate of drug-likeness (QED) is 0.805. The number of benzene rings is 1. The Hall–Kier alpha value is -1.98. The van der Waals surface area contributed by atoms with Gasteiger partial charge in [0.25, 0.3) is 5.56 Å². The second kappa shape index (κ2) is 5.91. The first-order valence-corrected chi connectivity index (χ1v) is 8.76. The van der Waals surface area contributed by atoms with E-state index in [9.17, 15) is 4.79 Å². The zero-order valence-electron chi connectivity index (χ0n) is 12.8. The van der Waals surface area contributed by atoms with Crippen molar-refractivity contribution in [1.82, 2.24) is 9.55 Å². The van der Waals surface area contributed by atoms with Gasteiger partial charge in [0, 0.05) is 4.88 Å². The molecule has 0 saturated heterocycles. The standard InChI is InChI=1S/C18H18N2O2S/c21-10-13-7-5-12(6-8-13)9-20-11-19-17-16(18(20)22)14-3-1-2-4-15(14)23-17/h5-8,11,21H,1-4,9-10H2. The van der Waals surface area contributed by atoms with Crippen LogP contribution in [0.4, 0.5) is 0 Å². The van der Waals surface area contributed by atoms with E-state index in [1.165, 1.54) is 16.9 Å². The average Bonchev–Trinajstić information content (AvgIpc) is 2.97. The minimum absolute atomic E-state index is 0.0365. The maximum atomic E-state index is 12.9. The molecule has 0 spiro atoms. The first kappa shape index (κ1) is 14.6. The molecule has 0 aliphatic heterocycles.